The second-order valence-electron chi connectivity index (χ2n) is 7.11. The molecule has 1 aromatic carbocycles. The van der Waals surface area contributed by atoms with E-state index in [1.54, 1.807) is 6.07 Å². The third-order valence-electron chi connectivity index (χ3n) is 5.27. The maximum absolute atomic E-state index is 13.5. The highest BCUT2D eigenvalue weighted by molar-refractivity contribution is 7.21. The fraction of sp³-hybridized carbons (Fsp3) is 0.526. The summed E-state index contributed by atoms with van der Waals surface area (Å²) in [6.45, 7) is 4.68. The summed E-state index contributed by atoms with van der Waals surface area (Å²) in [6.07, 6.45) is 4.79. The summed E-state index contributed by atoms with van der Waals surface area (Å²) in [7, 11) is 0. The van der Waals surface area contributed by atoms with Crippen LogP contribution in [0.25, 0.3) is 10.1 Å². The van der Waals surface area contributed by atoms with E-state index in [-0.39, 0.29) is 11.7 Å². The normalized spacial score (nSPS) is 19.2. The van der Waals surface area contributed by atoms with Gasteiger partial charge in [0.25, 0.3) is 5.91 Å². The molecule has 1 N–H and O–H groups in total. The number of amides is 1. The zero-order valence-electron chi connectivity index (χ0n) is 14.0. The fourth-order valence-corrected chi connectivity index (χ4v) is 4.64. The van der Waals surface area contributed by atoms with Crippen molar-refractivity contribution in [3.63, 3.8) is 0 Å². The molecule has 0 bridgehead atoms. The number of likely N-dealkylation sites (tertiary alicyclic amines) is 1. The van der Waals surface area contributed by atoms with E-state index in [2.05, 4.69) is 5.32 Å². The second-order valence-corrected chi connectivity index (χ2v) is 8.17. The molecule has 0 radical (unpaired) electrons. The number of nitrogens with one attached hydrogen (secondary N) is 1. The van der Waals surface area contributed by atoms with Crippen LogP contribution in [0.3, 0.4) is 0 Å². The van der Waals surface area contributed by atoms with Crippen molar-refractivity contribution in [1.29, 1.82) is 0 Å². The highest BCUT2D eigenvalue weighted by Gasteiger charge is 2.28. The summed E-state index contributed by atoms with van der Waals surface area (Å²) < 4.78 is 14.4. The van der Waals surface area contributed by atoms with Crippen molar-refractivity contribution in [3.05, 3.63) is 34.5 Å². The number of fused-ring (bicyclic) bond motifs is 1. The highest BCUT2D eigenvalue weighted by atomic mass is 32.1. The van der Waals surface area contributed by atoms with Crippen LogP contribution in [0, 0.1) is 18.7 Å². The van der Waals surface area contributed by atoms with E-state index in [9.17, 15) is 9.18 Å². The van der Waals surface area contributed by atoms with Crippen LogP contribution in [0.5, 0.6) is 0 Å². The highest BCUT2D eigenvalue weighted by Crippen LogP contribution is 2.33. The lowest BCUT2D eigenvalue weighted by atomic mass is 10.0. The van der Waals surface area contributed by atoms with Crippen LogP contribution in [0.15, 0.2) is 18.2 Å². The van der Waals surface area contributed by atoms with Crippen molar-refractivity contribution in [3.8, 4) is 0 Å². The summed E-state index contributed by atoms with van der Waals surface area (Å²) >= 11 is 1.48. The molecule has 2 heterocycles. The number of nitrogens with zero attached hydrogens (tertiary/aromatic N) is 1. The Bertz CT molecular complexity index is 760. The van der Waals surface area contributed by atoms with Crippen LogP contribution < -0.4 is 5.32 Å². The molecule has 1 amide bonds. The Morgan fingerprint density at radius 2 is 2.04 bits per heavy atom. The fourth-order valence-electron chi connectivity index (χ4n) is 3.48. The van der Waals surface area contributed by atoms with Gasteiger partial charge >= 0.3 is 0 Å². The zero-order valence-corrected chi connectivity index (χ0v) is 14.8. The van der Waals surface area contributed by atoms with E-state index < -0.39 is 0 Å². The Kier molecular flexibility index (Phi) is 4.31. The van der Waals surface area contributed by atoms with E-state index in [1.165, 1.54) is 36.3 Å². The minimum atomic E-state index is -0.245. The third kappa shape index (κ3) is 3.20. The van der Waals surface area contributed by atoms with Crippen LogP contribution in [-0.4, -0.2) is 36.5 Å². The number of benzene rings is 1. The molecule has 1 aromatic heterocycles. The molecule has 2 aromatic rings. The SMILES string of the molecule is Cc1c(C(=O)N2CCC(NCC3CC3)CC2)sc2ccc(F)cc12. The Labute approximate surface area is 145 Å². The molecule has 0 atom stereocenters. The van der Waals surface area contributed by atoms with Gasteiger partial charge in [0.05, 0.1) is 4.88 Å². The van der Waals surface area contributed by atoms with E-state index >= 15 is 0 Å². The molecule has 5 heteroatoms. The lowest BCUT2D eigenvalue weighted by Gasteiger charge is -2.32. The van der Waals surface area contributed by atoms with Gasteiger partial charge in [-0.15, -0.1) is 11.3 Å². The van der Waals surface area contributed by atoms with Crippen LogP contribution >= 0.6 is 11.3 Å². The van der Waals surface area contributed by atoms with E-state index in [0.29, 0.717) is 6.04 Å². The number of rotatable bonds is 4. The first kappa shape index (κ1) is 16.0. The molecule has 2 fully saturated rings. The molecule has 24 heavy (non-hydrogen) atoms. The quantitative estimate of drug-likeness (QED) is 0.909. The van der Waals surface area contributed by atoms with Crippen molar-refractivity contribution in [2.45, 2.75) is 38.6 Å². The van der Waals surface area contributed by atoms with Crippen molar-refractivity contribution in [1.82, 2.24) is 10.2 Å². The summed E-state index contributed by atoms with van der Waals surface area (Å²) in [5, 5.41) is 4.51. The molecular formula is C19H23FN2OS. The molecular weight excluding hydrogens is 323 g/mol. The van der Waals surface area contributed by atoms with Gasteiger partial charge in [0.1, 0.15) is 5.82 Å². The standard InChI is InChI=1S/C19H23FN2OS/c1-12-16-10-14(20)4-5-17(16)24-18(12)19(23)22-8-6-15(7-9-22)21-11-13-2-3-13/h4-5,10,13,15,21H,2-3,6-9,11H2,1H3. The molecule has 1 aliphatic heterocycles. The molecule has 1 saturated heterocycles. The Balaban J connectivity index is 1.43. The Hall–Kier alpha value is -1.46. The average Bonchev–Trinajstić information content (AvgIpc) is 3.37. The summed E-state index contributed by atoms with van der Waals surface area (Å²) in [5.41, 5.74) is 0.911. The topological polar surface area (TPSA) is 32.3 Å². The van der Waals surface area contributed by atoms with E-state index in [0.717, 1.165) is 58.9 Å². The van der Waals surface area contributed by atoms with Gasteiger partial charge in [0, 0.05) is 23.8 Å². The molecule has 0 spiro atoms. The third-order valence-corrected chi connectivity index (χ3v) is 6.53. The molecule has 1 aliphatic carbocycles. The lowest BCUT2D eigenvalue weighted by Crippen LogP contribution is -2.45. The minimum Gasteiger partial charge on any atom is -0.338 e. The maximum atomic E-state index is 13.5. The van der Waals surface area contributed by atoms with Crippen LogP contribution in [0.1, 0.15) is 40.9 Å². The number of carbonyl (C=O) groups is 1. The largest absolute Gasteiger partial charge is 0.338 e. The van der Waals surface area contributed by atoms with Gasteiger partial charge in [-0.1, -0.05) is 0 Å². The van der Waals surface area contributed by atoms with Crippen LogP contribution in [0.4, 0.5) is 4.39 Å². The predicted molar refractivity (Wildman–Crippen MR) is 96.2 cm³/mol. The van der Waals surface area contributed by atoms with Gasteiger partial charge in [-0.25, -0.2) is 4.39 Å². The number of hydrogen-bond acceptors (Lipinski definition) is 3. The Morgan fingerprint density at radius 3 is 2.75 bits per heavy atom. The first-order valence-electron chi connectivity index (χ1n) is 8.83. The van der Waals surface area contributed by atoms with Crippen molar-refractivity contribution < 1.29 is 9.18 Å². The van der Waals surface area contributed by atoms with E-state index in [1.807, 2.05) is 11.8 Å². The zero-order chi connectivity index (χ0) is 16.7. The lowest BCUT2D eigenvalue weighted by molar-refractivity contribution is 0.0709. The van der Waals surface area contributed by atoms with Crippen molar-refractivity contribution >= 4 is 27.3 Å². The summed E-state index contributed by atoms with van der Waals surface area (Å²) in [5.74, 6) is 0.756. The Morgan fingerprint density at radius 1 is 1.29 bits per heavy atom. The molecule has 1 saturated carbocycles. The second kappa shape index (κ2) is 6.45. The van der Waals surface area contributed by atoms with Gasteiger partial charge in [0.15, 0.2) is 0 Å². The number of halogens is 1. The first-order valence-corrected chi connectivity index (χ1v) is 9.65. The van der Waals surface area contributed by atoms with Gasteiger partial charge in [-0.2, -0.15) is 0 Å². The number of aryl methyl sites for hydroxylation is 1. The van der Waals surface area contributed by atoms with Crippen molar-refractivity contribution in [2.24, 2.45) is 5.92 Å². The van der Waals surface area contributed by atoms with Crippen LogP contribution in [-0.2, 0) is 0 Å². The summed E-state index contributed by atoms with van der Waals surface area (Å²) in [6, 6.07) is 5.31. The molecule has 0 unspecified atom stereocenters. The van der Waals surface area contributed by atoms with Gasteiger partial charge in [-0.05, 0) is 74.2 Å². The monoisotopic (exact) mass is 346 g/mol. The number of hydrogen-bond donors (Lipinski definition) is 1. The minimum absolute atomic E-state index is 0.106. The smallest absolute Gasteiger partial charge is 0.264 e. The predicted octanol–water partition coefficient (Wildman–Crippen LogP) is 3.95. The number of thiophene rings is 1. The van der Waals surface area contributed by atoms with Gasteiger partial charge in [0.2, 0.25) is 0 Å². The number of piperidine rings is 1. The average molecular weight is 346 g/mol. The molecule has 128 valence electrons. The maximum Gasteiger partial charge on any atom is 0.264 e. The molecule has 2 aliphatic rings. The van der Waals surface area contributed by atoms with Gasteiger partial charge < -0.3 is 10.2 Å². The number of carbonyl (C=O) groups excluding carboxylic acids is 1. The molecule has 4 rings (SSSR count). The summed E-state index contributed by atoms with van der Waals surface area (Å²) in [4.78, 5) is 15.6. The van der Waals surface area contributed by atoms with Crippen LogP contribution in [0.2, 0.25) is 0 Å². The van der Waals surface area contributed by atoms with E-state index in [4.69, 9.17) is 0 Å². The van der Waals surface area contributed by atoms with Crippen molar-refractivity contribution in [2.75, 3.05) is 19.6 Å². The van der Waals surface area contributed by atoms with Gasteiger partial charge in [-0.3, -0.25) is 4.79 Å². The molecule has 3 nitrogen and oxygen atoms in total. The first-order chi connectivity index (χ1) is 11.6.